The van der Waals surface area contributed by atoms with Crippen molar-refractivity contribution in [3.05, 3.63) is 151 Å². The molecule has 0 radical (unpaired) electrons. The van der Waals surface area contributed by atoms with Gasteiger partial charge in [-0.2, -0.15) is 0 Å². The van der Waals surface area contributed by atoms with Gasteiger partial charge < -0.3 is 9.47 Å². The van der Waals surface area contributed by atoms with Crippen LogP contribution in [0.25, 0.3) is 33.0 Å². The zero-order valence-electron chi connectivity index (χ0n) is 22.6. The Bertz CT molecular complexity index is 2270. The minimum Gasteiger partial charge on any atom is -0.313 e. The van der Waals surface area contributed by atoms with Gasteiger partial charge in [0.05, 0.1) is 22.6 Å². The van der Waals surface area contributed by atoms with E-state index in [1.165, 1.54) is 66.5 Å². The summed E-state index contributed by atoms with van der Waals surface area (Å²) in [6, 6.07) is 44.1. The Morgan fingerprint density at radius 1 is 0.667 bits per heavy atom. The van der Waals surface area contributed by atoms with Gasteiger partial charge in [-0.1, -0.05) is 91.0 Å². The zero-order valence-corrected chi connectivity index (χ0v) is 22.6. The van der Waals surface area contributed by atoms with E-state index in [2.05, 4.69) is 136 Å². The SMILES string of the molecule is c1ccc(C2C3=C(B4c5ccccc5N(c5ccccc5)c5ccc6c7ccccc7n3c6c54)c3cncnc32)cc1. The summed E-state index contributed by atoms with van der Waals surface area (Å²) in [5.41, 5.74) is 14.9. The number of hydrogen-bond acceptors (Lipinski definition) is 3. The summed E-state index contributed by atoms with van der Waals surface area (Å²) in [7, 11) is 0. The van der Waals surface area contributed by atoms with Gasteiger partial charge in [-0.15, -0.1) is 0 Å². The smallest absolute Gasteiger partial charge is 0.252 e. The van der Waals surface area contributed by atoms with Crippen LogP contribution in [0, 0.1) is 0 Å². The van der Waals surface area contributed by atoms with Gasteiger partial charge in [-0.25, -0.2) is 9.97 Å². The molecule has 7 aromatic rings. The van der Waals surface area contributed by atoms with Gasteiger partial charge >= 0.3 is 0 Å². The standard InChI is InChI=1S/C37H23BN4/c1-3-11-23(12-4-1)32-35-27(21-39-22-40-35)33-37(32)42-29-17-9-7-15-25(29)26-19-20-31-34(36(26)42)38(33)28-16-8-10-18-30(28)41(31)24-13-5-2-6-14-24/h1-22,32H. The summed E-state index contributed by atoms with van der Waals surface area (Å²) in [4.78, 5) is 12.0. The maximum absolute atomic E-state index is 4.98. The van der Waals surface area contributed by atoms with Crippen molar-refractivity contribution in [1.29, 1.82) is 0 Å². The summed E-state index contributed by atoms with van der Waals surface area (Å²) in [6.45, 7) is 0.0603. The molecule has 42 heavy (non-hydrogen) atoms. The Balaban J connectivity index is 1.41. The molecule has 2 aliphatic heterocycles. The van der Waals surface area contributed by atoms with E-state index in [-0.39, 0.29) is 12.6 Å². The molecule has 5 heteroatoms. The molecule has 1 atom stereocenters. The largest absolute Gasteiger partial charge is 0.313 e. The van der Waals surface area contributed by atoms with E-state index >= 15 is 0 Å². The maximum atomic E-state index is 4.98. The van der Waals surface area contributed by atoms with Crippen molar-refractivity contribution in [2.75, 3.05) is 4.90 Å². The summed E-state index contributed by atoms with van der Waals surface area (Å²) in [6.07, 6.45) is 3.75. The molecule has 194 valence electrons. The fourth-order valence-electron chi connectivity index (χ4n) is 7.89. The van der Waals surface area contributed by atoms with E-state index < -0.39 is 0 Å². The summed E-state index contributed by atoms with van der Waals surface area (Å²) >= 11 is 0. The lowest BCUT2D eigenvalue weighted by atomic mass is 9.33. The second kappa shape index (κ2) is 8.08. The van der Waals surface area contributed by atoms with Gasteiger partial charge in [0.1, 0.15) is 6.33 Å². The molecule has 10 rings (SSSR count). The second-order valence-corrected chi connectivity index (χ2v) is 11.4. The fraction of sp³-hybridized carbons (Fsp3) is 0.0270. The molecule has 0 N–H and O–H groups in total. The molecule has 0 amide bonds. The van der Waals surface area contributed by atoms with E-state index in [0.717, 1.165) is 11.3 Å². The topological polar surface area (TPSA) is 34.0 Å². The number of allylic oxidation sites excluding steroid dienone is 1. The lowest BCUT2D eigenvalue weighted by molar-refractivity contribution is 0.925. The molecule has 1 aliphatic carbocycles. The zero-order chi connectivity index (χ0) is 27.4. The number of rotatable bonds is 2. The van der Waals surface area contributed by atoms with Crippen LogP contribution in [0.4, 0.5) is 17.1 Å². The number of hydrogen-bond donors (Lipinski definition) is 0. The van der Waals surface area contributed by atoms with Crippen LogP contribution in [-0.2, 0) is 0 Å². The molecule has 4 heterocycles. The third-order valence-corrected chi connectivity index (χ3v) is 9.40. The monoisotopic (exact) mass is 534 g/mol. The highest BCUT2D eigenvalue weighted by atomic mass is 15.2. The summed E-state index contributed by atoms with van der Waals surface area (Å²) in [5.74, 6) is 0.00864. The second-order valence-electron chi connectivity index (χ2n) is 11.4. The van der Waals surface area contributed by atoms with Crippen molar-refractivity contribution in [3.63, 3.8) is 0 Å². The molecule has 0 spiro atoms. The fourth-order valence-corrected chi connectivity index (χ4v) is 7.89. The highest BCUT2D eigenvalue weighted by Crippen LogP contribution is 2.54. The Morgan fingerprint density at radius 2 is 1.43 bits per heavy atom. The Kier molecular flexibility index (Phi) is 4.29. The van der Waals surface area contributed by atoms with E-state index in [1.54, 1.807) is 6.33 Å². The van der Waals surface area contributed by atoms with Crippen LogP contribution in [0.5, 0.6) is 0 Å². The first-order chi connectivity index (χ1) is 20.9. The van der Waals surface area contributed by atoms with Crippen LogP contribution in [0.1, 0.15) is 22.7 Å². The van der Waals surface area contributed by atoms with Crippen LogP contribution in [0.2, 0.25) is 0 Å². The van der Waals surface area contributed by atoms with E-state index in [9.17, 15) is 0 Å². The van der Waals surface area contributed by atoms with E-state index in [1.807, 2.05) is 6.20 Å². The van der Waals surface area contributed by atoms with Crippen LogP contribution in [-0.4, -0.2) is 21.2 Å². The number of benzene rings is 5. The number of nitrogens with zero attached hydrogens (tertiary/aromatic N) is 4. The van der Waals surface area contributed by atoms with Gasteiger partial charge in [0.15, 0.2) is 0 Å². The van der Waals surface area contributed by atoms with Crippen molar-refractivity contribution < 1.29 is 0 Å². The number of anilines is 3. The minimum absolute atomic E-state index is 0.00864. The molecule has 0 saturated heterocycles. The van der Waals surface area contributed by atoms with Crippen molar-refractivity contribution >= 4 is 67.7 Å². The molecule has 0 bridgehead atoms. The van der Waals surface area contributed by atoms with E-state index in [4.69, 9.17) is 4.98 Å². The first-order valence-corrected chi connectivity index (χ1v) is 14.5. The molecule has 4 nitrogen and oxygen atoms in total. The average molecular weight is 534 g/mol. The highest BCUT2D eigenvalue weighted by Gasteiger charge is 2.49. The third-order valence-electron chi connectivity index (χ3n) is 9.40. The Hall–Kier alpha value is -5.42. The van der Waals surface area contributed by atoms with Crippen LogP contribution >= 0.6 is 0 Å². The molecule has 2 aromatic heterocycles. The third kappa shape index (κ3) is 2.68. The Labute approximate surface area is 243 Å². The normalized spacial score (nSPS) is 16.1. The number of para-hydroxylation sites is 3. The summed E-state index contributed by atoms with van der Waals surface area (Å²) < 4.78 is 2.56. The van der Waals surface area contributed by atoms with Crippen molar-refractivity contribution in [2.24, 2.45) is 0 Å². The Morgan fingerprint density at radius 3 is 2.31 bits per heavy atom. The first kappa shape index (κ1) is 22.3. The predicted molar refractivity (Wildman–Crippen MR) is 173 cm³/mol. The first-order valence-electron chi connectivity index (χ1n) is 14.5. The van der Waals surface area contributed by atoms with Crippen molar-refractivity contribution in [2.45, 2.75) is 5.92 Å². The van der Waals surface area contributed by atoms with Crippen LogP contribution in [0.3, 0.4) is 0 Å². The van der Waals surface area contributed by atoms with Gasteiger partial charge in [0.2, 0.25) is 0 Å². The van der Waals surface area contributed by atoms with Crippen LogP contribution in [0.15, 0.2) is 134 Å². The number of aromatic nitrogens is 3. The molecular weight excluding hydrogens is 511 g/mol. The van der Waals surface area contributed by atoms with Gasteiger partial charge in [0, 0.05) is 45.3 Å². The van der Waals surface area contributed by atoms with Crippen LogP contribution < -0.4 is 15.8 Å². The number of fused-ring (bicyclic) bond motifs is 9. The lowest BCUT2D eigenvalue weighted by Crippen LogP contribution is -2.53. The van der Waals surface area contributed by atoms with E-state index in [0.29, 0.717) is 0 Å². The molecule has 5 aromatic carbocycles. The van der Waals surface area contributed by atoms with Crippen molar-refractivity contribution in [1.82, 2.24) is 14.5 Å². The molecular formula is C37H23BN4. The minimum atomic E-state index is 0.00864. The quantitative estimate of drug-likeness (QED) is 0.223. The van der Waals surface area contributed by atoms with Gasteiger partial charge in [-0.05, 0) is 52.3 Å². The molecule has 0 saturated carbocycles. The molecule has 3 aliphatic rings. The molecule has 1 unspecified atom stereocenters. The van der Waals surface area contributed by atoms with Gasteiger partial charge in [0.25, 0.3) is 6.71 Å². The van der Waals surface area contributed by atoms with Gasteiger partial charge in [-0.3, -0.25) is 0 Å². The summed E-state index contributed by atoms with van der Waals surface area (Å²) in [5, 5.41) is 2.57. The average Bonchev–Trinajstić information content (AvgIpc) is 3.58. The maximum Gasteiger partial charge on any atom is 0.252 e. The highest BCUT2D eigenvalue weighted by molar-refractivity contribution is 7.04. The lowest BCUT2D eigenvalue weighted by Gasteiger charge is -2.40. The molecule has 0 fully saturated rings. The predicted octanol–water partition coefficient (Wildman–Crippen LogP) is 7.04. The van der Waals surface area contributed by atoms with Crippen molar-refractivity contribution in [3.8, 4) is 0 Å².